The minimum absolute atomic E-state index is 0.131. The van der Waals surface area contributed by atoms with Crippen LogP contribution < -0.4 is 10.2 Å². The molecule has 1 saturated heterocycles. The zero-order chi connectivity index (χ0) is 25.1. The zero-order valence-electron chi connectivity index (χ0n) is 19.6. The number of hydrogen-bond acceptors (Lipinski definition) is 8. The molecule has 0 atom stereocenters. The fraction of sp³-hybridized carbons (Fsp3) is 0.240. The fourth-order valence-corrected chi connectivity index (χ4v) is 5.54. The monoisotopic (exact) mass is 523 g/mol. The van der Waals surface area contributed by atoms with Gasteiger partial charge in [0.05, 0.1) is 12.0 Å². The van der Waals surface area contributed by atoms with E-state index in [9.17, 15) is 13.2 Å². The van der Waals surface area contributed by atoms with Crippen molar-refractivity contribution in [2.24, 2.45) is 0 Å². The van der Waals surface area contributed by atoms with E-state index < -0.39 is 10.0 Å². The van der Waals surface area contributed by atoms with E-state index in [1.54, 1.807) is 0 Å². The van der Waals surface area contributed by atoms with Crippen LogP contribution >= 0.6 is 11.8 Å². The zero-order valence-corrected chi connectivity index (χ0v) is 21.3. The lowest BCUT2D eigenvalue weighted by Crippen LogP contribution is -2.48. The molecule has 0 spiro atoms. The summed E-state index contributed by atoms with van der Waals surface area (Å²) >= 11 is 1.18. The topological polar surface area (TPSA) is 109 Å². The summed E-state index contributed by atoms with van der Waals surface area (Å²) in [6, 6.07) is 21.4. The normalized spacial score (nSPS) is 14.8. The van der Waals surface area contributed by atoms with Gasteiger partial charge < -0.3 is 14.6 Å². The van der Waals surface area contributed by atoms with Gasteiger partial charge in [0.1, 0.15) is 0 Å². The molecule has 186 valence electrons. The second-order valence-electron chi connectivity index (χ2n) is 8.43. The highest BCUT2D eigenvalue weighted by atomic mass is 32.2. The molecule has 1 aliphatic rings. The average Bonchev–Trinajstić information content (AvgIpc) is 3.36. The number of carbonyl (C=O) groups is 1. The molecule has 5 rings (SSSR count). The van der Waals surface area contributed by atoms with Crippen molar-refractivity contribution in [3.8, 4) is 11.5 Å². The van der Waals surface area contributed by atoms with Crippen LogP contribution in [0.3, 0.4) is 0 Å². The predicted octanol–water partition coefficient (Wildman–Crippen LogP) is 3.70. The van der Waals surface area contributed by atoms with E-state index in [0.29, 0.717) is 43.0 Å². The summed E-state index contributed by atoms with van der Waals surface area (Å²) in [5.41, 5.74) is 2.53. The van der Waals surface area contributed by atoms with Gasteiger partial charge in [0, 0.05) is 43.1 Å². The number of anilines is 2. The molecule has 1 aliphatic heterocycles. The number of carbonyl (C=O) groups excluding carboxylic acids is 1. The molecule has 1 aromatic heterocycles. The Labute approximate surface area is 213 Å². The molecule has 0 radical (unpaired) electrons. The Balaban J connectivity index is 1.14. The molecule has 1 fully saturated rings. The summed E-state index contributed by atoms with van der Waals surface area (Å²) in [6.45, 7) is 2.18. The molecule has 36 heavy (non-hydrogen) atoms. The maximum absolute atomic E-state index is 12.5. The molecule has 0 saturated carbocycles. The quantitative estimate of drug-likeness (QED) is 0.365. The Morgan fingerprint density at radius 3 is 2.44 bits per heavy atom. The van der Waals surface area contributed by atoms with Crippen LogP contribution in [0.5, 0.6) is 0 Å². The summed E-state index contributed by atoms with van der Waals surface area (Å²) in [5.74, 6) is 0.369. The molecular weight excluding hydrogens is 498 g/mol. The first-order valence-electron chi connectivity index (χ1n) is 11.4. The minimum atomic E-state index is -3.16. The van der Waals surface area contributed by atoms with E-state index in [1.807, 2.05) is 66.7 Å². The molecule has 0 bridgehead atoms. The number of thioether (sulfide) groups is 1. The van der Waals surface area contributed by atoms with Crippen molar-refractivity contribution in [1.82, 2.24) is 14.5 Å². The minimum Gasteiger partial charge on any atom is -0.411 e. The van der Waals surface area contributed by atoms with Gasteiger partial charge in [-0.2, -0.15) is 4.31 Å². The summed E-state index contributed by atoms with van der Waals surface area (Å²) in [5, 5.41) is 13.6. The number of hydrogen-bond donors (Lipinski definition) is 1. The number of nitrogens with zero attached hydrogens (tertiary/aromatic N) is 4. The summed E-state index contributed by atoms with van der Waals surface area (Å²) < 4.78 is 30.7. The van der Waals surface area contributed by atoms with Crippen molar-refractivity contribution >= 4 is 49.8 Å². The van der Waals surface area contributed by atoms with Gasteiger partial charge in [-0.3, -0.25) is 4.79 Å². The van der Waals surface area contributed by atoms with Crippen LogP contribution in [0, 0.1) is 0 Å². The molecule has 1 amide bonds. The Bertz CT molecular complexity index is 1470. The third-order valence-corrected chi connectivity index (χ3v) is 8.10. The Morgan fingerprint density at radius 2 is 1.69 bits per heavy atom. The van der Waals surface area contributed by atoms with E-state index in [2.05, 4.69) is 20.4 Å². The van der Waals surface area contributed by atoms with Crippen LogP contribution in [0.15, 0.2) is 76.4 Å². The molecule has 11 heteroatoms. The molecule has 0 aliphatic carbocycles. The van der Waals surface area contributed by atoms with Crippen molar-refractivity contribution in [3.63, 3.8) is 0 Å². The maximum Gasteiger partial charge on any atom is 0.277 e. The first-order chi connectivity index (χ1) is 17.4. The largest absolute Gasteiger partial charge is 0.411 e. The number of amides is 1. The molecule has 2 heterocycles. The standard InChI is InChI=1S/C25H25N5O4S2/c1-36(32,33)30-15-13-29(14-16-30)20-11-9-19(10-12-20)26-23(31)17-35-25-28-27-24(34-25)22-8-4-6-18-5-2-3-7-21(18)22/h2-12H,13-17H2,1H3,(H,26,31). The number of piperazine rings is 1. The Morgan fingerprint density at radius 1 is 0.972 bits per heavy atom. The lowest BCUT2D eigenvalue weighted by molar-refractivity contribution is -0.113. The second-order valence-corrected chi connectivity index (χ2v) is 11.3. The summed E-state index contributed by atoms with van der Waals surface area (Å²) in [6.07, 6.45) is 1.24. The molecule has 1 N–H and O–H groups in total. The molecular formula is C25H25N5O4S2. The number of benzene rings is 3. The fourth-order valence-electron chi connectivity index (χ4n) is 4.15. The number of fused-ring (bicyclic) bond motifs is 1. The highest BCUT2D eigenvalue weighted by Crippen LogP contribution is 2.29. The van der Waals surface area contributed by atoms with Crippen molar-refractivity contribution in [2.75, 3.05) is 48.4 Å². The van der Waals surface area contributed by atoms with Crippen molar-refractivity contribution in [2.45, 2.75) is 5.22 Å². The van der Waals surface area contributed by atoms with E-state index in [-0.39, 0.29) is 11.7 Å². The van der Waals surface area contributed by atoms with Gasteiger partial charge in [0.15, 0.2) is 0 Å². The number of aromatic nitrogens is 2. The molecule has 4 aromatic rings. The summed E-state index contributed by atoms with van der Waals surface area (Å²) in [7, 11) is -3.16. The van der Waals surface area contributed by atoms with Crippen LogP contribution in [0.2, 0.25) is 0 Å². The van der Waals surface area contributed by atoms with Crippen LogP contribution in [-0.2, 0) is 14.8 Å². The number of sulfonamides is 1. The SMILES string of the molecule is CS(=O)(=O)N1CCN(c2ccc(NC(=O)CSc3nnc(-c4cccc5ccccc45)o3)cc2)CC1. The third kappa shape index (κ3) is 5.53. The van der Waals surface area contributed by atoms with Crippen molar-refractivity contribution in [3.05, 3.63) is 66.7 Å². The number of nitrogens with one attached hydrogen (secondary N) is 1. The smallest absolute Gasteiger partial charge is 0.277 e. The highest BCUT2D eigenvalue weighted by Gasteiger charge is 2.23. The van der Waals surface area contributed by atoms with Gasteiger partial charge in [-0.15, -0.1) is 10.2 Å². The lowest BCUT2D eigenvalue weighted by atomic mass is 10.0. The Kier molecular flexibility index (Phi) is 6.95. The first-order valence-corrected chi connectivity index (χ1v) is 14.2. The van der Waals surface area contributed by atoms with Crippen LogP contribution in [0.1, 0.15) is 0 Å². The highest BCUT2D eigenvalue weighted by molar-refractivity contribution is 7.99. The van der Waals surface area contributed by atoms with Crippen molar-refractivity contribution in [1.29, 1.82) is 0 Å². The van der Waals surface area contributed by atoms with Gasteiger partial charge >= 0.3 is 0 Å². The average molecular weight is 524 g/mol. The third-order valence-electron chi connectivity index (χ3n) is 5.98. The first kappa shape index (κ1) is 24.3. The molecule has 9 nitrogen and oxygen atoms in total. The van der Waals surface area contributed by atoms with Gasteiger partial charge in [-0.25, -0.2) is 8.42 Å². The van der Waals surface area contributed by atoms with E-state index in [4.69, 9.17) is 4.42 Å². The van der Waals surface area contributed by atoms with E-state index in [1.165, 1.54) is 22.3 Å². The lowest BCUT2D eigenvalue weighted by Gasteiger charge is -2.34. The maximum atomic E-state index is 12.5. The van der Waals surface area contributed by atoms with E-state index >= 15 is 0 Å². The van der Waals surface area contributed by atoms with Gasteiger partial charge in [0.2, 0.25) is 21.8 Å². The van der Waals surface area contributed by atoms with Crippen LogP contribution in [0.25, 0.3) is 22.2 Å². The predicted molar refractivity (Wildman–Crippen MR) is 142 cm³/mol. The Hall–Kier alpha value is -3.41. The molecule has 3 aromatic carbocycles. The van der Waals surface area contributed by atoms with Crippen LogP contribution in [-0.4, -0.2) is 67.0 Å². The van der Waals surface area contributed by atoms with Crippen molar-refractivity contribution < 1.29 is 17.6 Å². The number of rotatable bonds is 7. The van der Waals surface area contributed by atoms with Gasteiger partial charge in [-0.1, -0.05) is 48.2 Å². The summed E-state index contributed by atoms with van der Waals surface area (Å²) in [4.78, 5) is 14.6. The second kappa shape index (κ2) is 10.3. The van der Waals surface area contributed by atoms with Gasteiger partial charge in [0.25, 0.3) is 5.22 Å². The molecule has 0 unspecified atom stereocenters. The van der Waals surface area contributed by atoms with E-state index in [0.717, 1.165) is 22.0 Å². The van der Waals surface area contributed by atoms with Gasteiger partial charge in [-0.05, 0) is 41.1 Å². The van der Waals surface area contributed by atoms with Crippen LogP contribution in [0.4, 0.5) is 11.4 Å².